The van der Waals surface area contributed by atoms with Crippen LogP contribution in [0.4, 0.5) is 5.13 Å². The minimum atomic E-state index is 0.301. The molecule has 1 unspecified atom stereocenters. The predicted molar refractivity (Wildman–Crippen MR) is 79.3 cm³/mol. The van der Waals surface area contributed by atoms with E-state index in [1.54, 1.807) is 11.3 Å². The summed E-state index contributed by atoms with van der Waals surface area (Å²) >= 11 is 1.66. The quantitative estimate of drug-likeness (QED) is 0.835. The average Bonchev–Trinajstić information content (AvgIpc) is 2.96. The van der Waals surface area contributed by atoms with E-state index in [0.29, 0.717) is 11.8 Å². The summed E-state index contributed by atoms with van der Waals surface area (Å²) in [5.74, 6) is 0.859. The first-order valence-electron chi connectivity index (χ1n) is 7.19. The summed E-state index contributed by atoms with van der Waals surface area (Å²) in [6.07, 6.45) is 6.04. The molecule has 0 aliphatic carbocycles. The minimum absolute atomic E-state index is 0.301. The zero-order valence-electron chi connectivity index (χ0n) is 11.8. The van der Waals surface area contributed by atoms with Crippen LogP contribution in [0.2, 0.25) is 0 Å². The number of anilines is 1. The summed E-state index contributed by atoms with van der Waals surface area (Å²) in [7, 11) is 0. The molecule has 1 saturated heterocycles. The molecule has 4 nitrogen and oxygen atoms in total. The van der Waals surface area contributed by atoms with Crippen LogP contribution in [0.15, 0.2) is 6.20 Å². The predicted octanol–water partition coefficient (Wildman–Crippen LogP) is 3.11. The Bertz CT molecular complexity index is 419. The molecule has 106 valence electrons. The first-order chi connectivity index (χ1) is 9.22. The summed E-state index contributed by atoms with van der Waals surface area (Å²) in [6, 6.07) is 0. The maximum atomic E-state index is 11.9. The Morgan fingerprint density at radius 2 is 2.32 bits per heavy atom. The maximum Gasteiger partial charge on any atom is 0.223 e. The van der Waals surface area contributed by atoms with Crippen molar-refractivity contribution in [1.82, 2.24) is 9.88 Å². The highest BCUT2D eigenvalue weighted by molar-refractivity contribution is 7.15. The van der Waals surface area contributed by atoms with Gasteiger partial charge in [-0.15, -0.1) is 11.3 Å². The molecule has 0 saturated carbocycles. The van der Waals surface area contributed by atoms with E-state index in [0.717, 1.165) is 50.4 Å². The van der Waals surface area contributed by atoms with Crippen LogP contribution in [-0.2, 0) is 11.3 Å². The summed E-state index contributed by atoms with van der Waals surface area (Å²) in [5, 5.41) is 4.25. The number of carbonyl (C=O) groups is 1. The highest BCUT2D eigenvalue weighted by Crippen LogP contribution is 2.26. The van der Waals surface area contributed by atoms with Gasteiger partial charge in [0.15, 0.2) is 5.13 Å². The van der Waals surface area contributed by atoms with Gasteiger partial charge in [-0.1, -0.05) is 20.3 Å². The lowest BCUT2D eigenvalue weighted by atomic mass is 10.0. The SMILES string of the molecule is CCCNc1ncc(CN2CC(CCC)CC2=O)s1. The smallest absolute Gasteiger partial charge is 0.223 e. The van der Waals surface area contributed by atoms with Crippen LogP contribution in [-0.4, -0.2) is 28.9 Å². The van der Waals surface area contributed by atoms with Crippen LogP contribution in [0.1, 0.15) is 44.4 Å². The third-order valence-corrected chi connectivity index (χ3v) is 4.36. The molecule has 1 N–H and O–H groups in total. The fraction of sp³-hybridized carbons (Fsp3) is 0.714. The van der Waals surface area contributed by atoms with Gasteiger partial charge in [0.1, 0.15) is 0 Å². The molecule has 0 bridgehead atoms. The van der Waals surface area contributed by atoms with Crippen molar-refractivity contribution in [3.63, 3.8) is 0 Å². The van der Waals surface area contributed by atoms with E-state index in [1.807, 2.05) is 11.1 Å². The monoisotopic (exact) mass is 281 g/mol. The Balaban J connectivity index is 1.87. The second-order valence-corrected chi connectivity index (χ2v) is 6.31. The van der Waals surface area contributed by atoms with Crippen LogP contribution >= 0.6 is 11.3 Å². The van der Waals surface area contributed by atoms with E-state index in [-0.39, 0.29) is 0 Å². The van der Waals surface area contributed by atoms with Gasteiger partial charge in [-0.3, -0.25) is 4.79 Å². The van der Waals surface area contributed by atoms with Gasteiger partial charge < -0.3 is 10.2 Å². The number of nitrogens with zero attached hydrogens (tertiary/aromatic N) is 2. The van der Waals surface area contributed by atoms with Gasteiger partial charge in [0.05, 0.1) is 6.54 Å². The summed E-state index contributed by atoms with van der Waals surface area (Å²) < 4.78 is 0. The third-order valence-electron chi connectivity index (χ3n) is 3.42. The molecule has 0 radical (unpaired) electrons. The lowest BCUT2D eigenvalue weighted by Crippen LogP contribution is -2.24. The van der Waals surface area contributed by atoms with Crippen LogP contribution in [0.3, 0.4) is 0 Å². The molecule has 19 heavy (non-hydrogen) atoms. The second-order valence-electron chi connectivity index (χ2n) is 5.19. The van der Waals surface area contributed by atoms with Gasteiger partial charge in [0.2, 0.25) is 5.91 Å². The highest BCUT2D eigenvalue weighted by atomic mass is 32.1. The molecule has 2 heterocycles. The molecular formula is C14H23N3OS. The number of aromatic nitrogens is 1. The van der Waals surface area contributed by atoms with Crippen molar-refractivity contribution in [3.05, 3.63) is 11.1 Å². The van der Waals surface area contributed by atoms with Crippen LogP contribution in [0.5, 0.6) is 0 Å². The van der Waals surface area contributed by atoms with Gasteiger partial charge >= 0.3 is 0 Å². The molecule has 1 aliphatic heterocycles. The van der Waals surface area contributed by atoms with Gasteiger partial charge in [0.25, 0.3) is 0 Å². The minimum Gasteiger partial charge on any atom is -0.362 e. The van der Waals surface area contributed by atoms with Crippen molar-refractivity contribution in [3.8, 4) is 0 Å². The van der Waals surface area contributed by atoms with Crippen molar-refractivity contribution in [1.29, 1.82) is 0 Å². The Kier molecular flexibility index (Phi) is 5.19. The Morgan fingerprint density at radius 3 is 3.05 bits per heavy atom. The average molecular weight is 281 g/mol. The molecule has 1 aliphatic rings. The normalized spacial score (nSPS) is 19.2. The topological polar surface area (TPSA) is 45.2 Å². The fourth-order valence-corrected chi connectivity index (χ4v) is 3.34. The van der Waals surface area contributed by atoms with E-state index < -0.39 is 0 Å². The third kappa shape index (κ3) is 3.93. The van der Waals surface area contributed by atoms with Crippen molar-refractivity contribution < 1.29 is 4.79 Å². The van der Waals surface area contributed by atoms with E-state index >= 15 is 0 Å². The van der Waals surface area contributed by atoms with Gasteiger partial charge in [0, 0.05) is 30.6 Å². The number of nitrogens with one attached hydrogen (secondary N) is 1. The largest absolute Gasteiger partial charge is 0.362 e. The number of hydrogen-bond donors (Lipinski definition) is 1. The highest BCUT2D eigenvalue weighted by Gasteiger charge is 2.29. The lowest BCUT2D eigenvalue weighted by Gasteiger charge is -2.14. The maximum absolute atomic E-state index is 11.9. The van der Waals surface area contributed by atoms with Crippen LogP contribution in [0, 0.1) is 5.92 Å². The molecule has 1 aromatic heterocycles. The van der Waals surface area contributed by atoms with E-state index in [4.69, 9.17) is 0 Å². The van der Waals surface area contributed by atoms with Crippen LogP contribution < -0.4 is 5.32 Å². The summed E-state index contributed by atoms with van der Waals surface area (Å²) in [4.78, 5) is 19.4. The zero-order chi connectivity index (χ0) is 13.7. The molecule has 1 atom stereocenters. The van der Waals surface area contributed by atoms with E-state index in [9.17, 15) is 4.79 Å². The number of amides is 1. The van der Waals surface area contributed by atoms with Gasteiger partial charge in [-0.2, -0.15) is 0 Å². The summed E-state index contributed by atoms with van der Waals surface area (Å²) in [5.41, 5.74) is 0. The van der Waals surface area contributed by atoms with Crippen molar-refractivity contribution >= 4 is 22.4 Å². The molecular weight excluding hydrogens is 258 g/mol. The molecule has 0 spiro atoms. The first-order valence-corrected chi connectivity index (χ1v) is 8.01. The fourth-order valence-electron chi connectivity index (χ4n) is 2.49. The summed E-state index contributed by atoms with van der Waals surface area (Å²) in [6.45, 7) is 6.92. The number of thiazole rings is 1. The molecule has 5 heteroatoms. The lowest BCUT2D eigenvalue weighted by molar-refractivity contribution is -0.128. The second kappa shape index (κ2) is 6.89. The van der Waals surface area contributed by atoms with E-state index in [1.165, 1.54) is 4.88 Å². The number of rotatable bonds is 7. The Labute approximate surface area is 119 Å². The molecule has 0 aromatic carbocycles. The molecule has 1 amide bonds. The number of hydrogen-bond acceptors (Lipinski definition) is 4. The van der Waals surface area contributed by atoms with Crippen molar-refractivity contribution in [2.45, 2.75) is 46.1 Å². The number of carbonyl (C=O) groups excluding carboxylic acids is 1. The van der Waals surface area contributed by atoms with Crippen molar-refractivity contribution in [2.75, 3.05) is 18.4 Å². The van der Waals surface area contributed by atoms with Crippen LogP contribution in [0.25, 0.3) is 0 Å². The standard InChI is InChI=1S/C14H23N3OS/c1-3-5-11-7-13(18)17(9-11)10-12-8-16-14(19-12)15-6-4-2/h8,11H,3-7,9-10H2,1-2H3,(H,15,16). The number of likely N-dealkylation sites (tertiary alicyclic amines) is 1. The van der Waals surface area contributed by atoms with Gasteiger partial charge in [-0.05, 0) is 18.8 Å². The first kappa shape index (κ1) is 14.3. The van der Waals surface area contributed by atoms with E-state index in [2.05, 4.69) is 24.1 Å². The Hall–Kier alpha value is -1.10. The molecule has 2 rings (SSSR count). The zero-order valence-corrected chi connectivity index (χ0v) is 12.6. The van der Waals surface area contributed by atoms with Crippen molar-refractivity contribution in [2.24, 2.45) is 5.92 Å². The van der Waals surface area contributed by atoms with Gasteiger partial charge in [-0.25, -0.2) is 4.98 Å². The Morgan fingerprint density at radius 1 is 1.47 bits per heavy atom. The molecule has 1 fully saturated rings. The molecule has 1 aromatic rings.